The number of halogens is 4. The van der Waals surface area contributed by atoms with Crippen molar-refractivity contribution in [2.45, 2.75) is 36.2 Å². The Morgan fingerprint density at radius 3 is 2.62 bits per heavy atom. The van der Waals surface area contributed by atoms with Crippen LogP contribution in [-0.4, -0.2) is 33.5 Å². The number of alkyl halides is 3. The lowest BCUT2D eigenvalue weighted by Gasteiger charge is -2.33. The van der Waals surface area contributed by atoms with E-state index < -0.39 is 28.5 Å². The number of amides is 1. The number of rotatable bonds is 4. The Labute approximate surface area is 175 Å². The molecule has 1 aromatic rings. The minimum absolute atomic E-state index is 0.0407. The zero-order valence-corrected chi connectivity index (χ0v) is 17.9. The second-order valence-electron chi connectivity index (χ2n) is 5.89. The summed E-state index contributed by atoms with van der Waals surface area (Å²) in [6, 6.07) is 4.98. The second-order valence-corrected chi connectivity index (χ2v) is 9.26. The van der Waals surface area contributed by atoms with Crippen LogP contribution in [-0.2, 0) is 14.3 Å². The Morgan fingerprint density at radius 1 is 1.31 bits per heavy atom. The van der Waals surface area contributed by atoms with Gasteiger partial charge < -0.3 is 9.47 Å². The molecule has 0 N–H and O–H groups in total. The van der Waals surface area contributed by atoms with Gasteiger partial charge in [0.05, 0.1) is 18.6 Å². The quantitative estimate of drug-likeness (QED) is 0.410. The molecule has 26 heavy (non-hydrogen) atoms. The molecule has 0 saturated carbocycles. The van der Waals surface area contributed by atoms with Gasteiger partial charge >= 0.3 is 12.1 Å². The van der Waals surface area contributed by atoms with Crippen LogP contribution in [0.1, 0.15) is 37.4 Å². The molecule has 1 aliphatic heterocycles. The molecule has 0 saturated heterocycles. The molecule has 9 heteroatoms. The topological polar surface area (TPSA) is 55.8 Å². The molecule has 142 valence electrons. The van der Waals surface area contributed by atoms with Gasteiger partial charge in [-0.25, -0.2) is 4.79 Å². The molecular formula is C17H17BrCl3NO4. The number of benzene rings is 1. The van der Waals surface area contributed by atoms with Crippen molar-refractivity contribution in [3.63, 3.8) is 0 Å². The second kappa shape index (κ2) is 8.83. The van der Waals surface area contributed by atoms with Crippen molar-refractivity contribution < 1.29 is 19.1 Å². The molecule has 1 heterocycles. The van der Waals surface area contributed by atoms with E-state index in [1.54, 1.807) is 26.1 Å². The van der Waals surface area contributed by atoms with Crippen LogP contribution in [0.3, 0.4) is 0 Å². The van der Waals surface area contributed by atoms with Gasteiger partial charge in [0.15, 0.2) is 0 Å². The molecule has 1 unspecified atom stereocenters. The van der Waals surface area contributed by atoms with Crippen LogP contribution in [0.4, 0.5) is 4.79 Å². The van der Waals surface area contributed by atoms with Crippen molar-refractivity contribution in [1.82, 2.24) is 4.90 Å². The lowest BCUT2D eigenvalue weighted by molar-refractivity contribution is -0.148. The van der Waals surface area contributed by atoms with E-state index in [4.69, 9.17) is 44.3 Å². The highest BCUT2D eigenvalue weighted by Gasteiger charge is 2.34. The van der Waals surface area contributed by atoms with Gasteiger partial charge in [-0.1, -0.05) is 62.9 Å². The van der Waals surface area contributed by atoms with Gasteiger partial charge in [0, 0.05) is 10.7 Å². The Balaban J connectivity index is 2.30. The van der Waals surface area contributed by atoms with Crippen LogP contribution in [0, 0.1) is 0 Å². The van der Waals surface area contributed by atoms with Gasteiger partial charge in [0.25, 0.3) is 0 Å². The van der Waals surface area contributed by atoms with Crippen molar-refractivity contribution in [1.29, 1.82) is 0 Å². The van der Waals surface area contributed by atoms with Crippen molar-refractivity contribution >= 4 is 68.9 Å². The summed E-state index contributed by atoms with van der Waals surface area (Å²) < 4.78 is 9.34. The van der Waals surface area contributed by atoms with E-state index in [1.807, 2.05) is 18.2 Å². The smallest absolute Gasteiger partial charge is 0.414 e. The average Bonchev–Trinajstić information content (AvgIpc) is 2.51. The average molecular weight is 486 g/mol. The van der Waals surface area contributed by atoms with E-state index in [2.05, 4.69) is 15.9 Å². The minimum Gasteiger partial charge on any atom is -0.463 e. The van der Waals surface area contributed by atoms with Crippen LogP contribution >= 0.6 is 50.7 Å². The van der Waals surface area contributed by atoms with Crippen LogP contribution < -0.4 is 0 Å². The predicted octanol–water partition coefficient (Wildman–Crippen LogP) is 5.63. The molecule has 1 amide bonds. The number of carbonyl (C=O) groups excluding carboxylic acids is 2. The molecule has 2 rings (SSSR count). The summed E-state index contributed by atoms with van der Waals surface area (Å²) in [6.45, 7) is 3.11. The Morgan fingerprint density at radius 2 is 2.00 bits per heavy atom. The van der Waals surface area contributed by atoms with Crippen molar-refractivity contribution in [3.8, 4) is 0 Å². The summed E-state index contributed by atoms with van der Waals surface area (Å²) in [5.41, 5.74) is 1.66. The number of esters is 1. The fraction of sp³-hybridized carbons (Fsp3) is 0.412. The molecule has 0 bridgehead atoms. The van der Waals surface area contributed by atoms with Crippen LogP contribution in [0.5, 0.6) is 0 Å². The Bertz CT molecular complexity index is 718. The van der Waals surface area contributed by atoms with Crippen molar-refractivity contribution in [2.75, 3.05) is 6.61 Å². The lowest BCUT2D eigenvalue weighted by atomic mass is 9.94. The van der Waals surface area contributed by atoms with Crippen LogP contribution in [0.25, 0.3) is 6.08 Å². The first kappa shape index (κ1) is 21.4. The number of fused-ring (bicyclic) bond motifs is 1. The SMILES string of the molecule is CC(C)OC(=O)CC1c2c(Br)cccc2C=CN1C(=O)OCC(Cl)(Cl)Cl. The van der Waals surface area contributed by atoms with Gasteiger partial charge in [-0.15, -0.1) is 0 Å². The van der Waals surface area contributed by atoms with E-state index in [0.717, 1.165) is 15.6 Å². The largest absolute Gasteiger partial charge is 0.463 e. The molecule has 0 fully saturated rings. The number of hydrogen-bond donors (Lipinski definition) is 0. The lowest BCUT2D eigenvalue weighted by Crippen LogP contribution is -2.36. The van der Waals surface area contributed by atoms with Crippen LogP contribution in [0.2, 0.25) is 0 Å². The summed E-state index contributed by atoms with van der Waals surface area (Å²) in [6.07, 6.45) is 2.27. The fourth-order valence-corrected chi connectivity index (χ4v) is 3.34. The van der Waals surface area contributed by atoms with E-state index in [-0.39, 0.29) is 12.5 Å². The zero-order chi connectivity index (χ0) is 19.5. The maximum atomic E-state index is 12.5. The third-order valence-corrected chi connectivity index (χ3v) is 4.49. The first-order valence-corrected chi connectivity index (χ1v) is 9.69. The van der Waals surface area contributed by atoms with Crippen molar-refractivity contribution in [2.24, 2.45) is 0 Å². The van der Waals surface area contributed by atoms with E-state index in [1.165, 1.54) is 4.90 Å². The number of ether oxygens (including phenoxy) is 2. The number of nitrogens with zero attached hydrogens (tertiary/aromatic N) is 1. The van der Waals surface area contributed by atoms with Crippen LogP contribution in [0.15, 0.2) is 28.9 Å². The third-order valence-electron chi connectivity index (χ3n) is 3.47. The summed E-state index contributed by atoms with van der Waals surface area (Å²) in [7, 11) is 0. The number of carbonyl (C=O) groups is 2. The van der Waals surface area contributed by atoms with Gasteiger partial charge in [-0.05, 0) is 37.1 Å². The summed E-state index contributed by atoms with van der Waals surface area (Å²) >= 11 is 20.4. The monoisotopic (exact) mass is 483 g/mol. The molecule has 1 aliphatic rings. The molecular weight excluding hydrogens is 468 g/mol. The van der Waals surface area contributed by atoms with Gasteiger partial charge in [0.2, 0.25) is 3.79 Å². The summed E-state index contributed by atoms with van der Waals surface area (Å²) in [4.78, 5) is 26.0. The molecule has 5 nitrogen and oxygen atoms in total. The van der Waals surface area contributed by atoms with Gasteiger partial charge in [-0.2, -0.15) is 0 Å². The van der Waals surface area contributed by atoms with E-state index >= 15 is 0 Å². The Kier molecular flexibility index (Phi) is 7.25. The third kappa shape index (κ3) is 5.78. The summed E-state index contributed by atoms with van der Waals surface area (Å²) in [5.74, 6) is -0.429. The van der Waals surface area contributed by atoms with Gasteiger partial charge in [0.1, 0.15) is 6.61 Å². The van der Waals surface area contributed by atoms with E-state index in [0.29, 0.717) is 0 Å². The van der Waals surface area contributed by atoms with E-state index in [9.17, 15) is 9.59 Å². The first-order chi connectivity index (χ1) is 12.1. The number of hydrogen-bond acceptors (Lipinski definition) is 4. The molecule has 0 aromatic heterocycles. The first-order valence-electron chi connectivity index (χ1n) is 7.76. The molecule has 0 radical (unpaired) electrons. The highest BCUT2D eigenvalue weighted by Crippen LogP contribution is 2.38. The highest BCUT2D eigenvalue weighted by atomic mass is 79.9. The molecule has 0 spiro atoms. The standard InChI is InChI=1S/C17H17BrCl3NO4/c1-10(2)26-14(23)8-13-15-11(4-3-5-12(15)18)6-7-22(13)16(24)25-9-17(19,20)21/h3-7,10,13H,8-9H2,1-2H3. The molecule has 0 aliphatic carbocycles. The highest BCUT2D eigenvalue weighted by molar-refractivity contribution is 9.10. The fourth-order valence-electron chi connectivity index (χ4n) is 2.53. The molecule has 1 atom stereocenters. The molecule has 1 aromatic carbocycles. The normalized spacial score (nSPS) is 16.4. The zero-order valence-electron chi connectivity index (χ0n) is 14.0. The predicted molar refractivity (Wildman–Crippen MR) is 105 cm³/mol. The Hall–Kier alpha value is -0.950. The summed E-state index contributed by atoms with van der Waals surface area (Å²) in [5, 5.41) is 0. The minimum atomic E-state index is -1.72. The maximum Gasteiger partial charge on any atom is 0.414 e. The maximum absolute atomic E-state index is 12.5. The van der Waals surface area contributed by atoms with Gasteiger partial charge in [-0.3, -0.25) is 9.69 Å². The van der Waals surface area contributed by atoms with Crippen molar-refractivity contribution in [3.05, 3.63) is 40.0 Å².